The van der Waals surface area contributed by atoms with Crippen LogP contribution in [0.15, 0.2) is 24.5 Å². The zero-order valence-electron chi connectivity index (χ0n) is 10.7. The summed E-state index contributed by atoms with van der Waals surface area (Å²) in [6.45, 7) is 3.68. The van der Waals surface area contributed by atoms with Gasteiger partial charge in [0, 0.05) is 31.6 Å². The molecule has 0 fully saturated rings. The maximum Gasteiger partial charge on any atom is 0.151 e. The van der Waals surface area contributed by atoms with Gasteiger partial charge in [-0.2, -0.15) is 5.10 Å². The summed E-state index contributed by atoms with van der Waals surface area (Å²) in [5.74, 6) is 0.868. The van der Waals surface area contributed by atoms with Crippen LogP contribution in [-0.2, 0) is 20.0 Å². The van der Waals surface area contributed by atoms with Crippen molar-refractivity contribution in [1.29, 1.82) is 0 Å². The number of aromatic nitrogens is 3. The molecule has 0 aliphatic heterocycles. The Kier molecular flexibility index (Phi) is 4.33. The van der Waals surface area contributed by atoms with Crippen molar-refractivity contribution in [1.82, 2.24) is 20.1 Å². The topological polar surface area (TPSA) is 42.7 Å². The summed E-state index contributed by atoms with van der Waals surface area (Å²) < 4.78 is 1.72. The maximum absolute atomic E-state index is 6.07. The molecule has 18 heavy (non-hydrogen) atoms. The van der Waals surface area contributed by atoms with Crippen LogP contribution in [0.3, 0.4) is 0 Å². The van der Waals surface area contributed by atoms with Gasteiger partial charge in [0.15, 0.2) is 5.82 Å². The zero-order valence-corrected chi connectivity index (χ0v) is 11.4. The molecular weight excluding hydrogens is 248 g/mol. The molecule has 5 heteroatoms. The van der Waals surface area contributed by atoms with Crippen LogP contribution in [0, 0.1) is 6.92 Å². The van der Waals surface area contributed by atoms with Crippen molar-refractivity contribution in [2.75, 3.05) is 6.54 Å². The number of aryl methyl sites for hydroxylation is 2. The van der Waals surface area contributed by atoms with E-state index in [0.717, 1.165) is 35.9 Å². The number of nitrogens with one attached hydrogen (secondary N) is 1. The van der Waals surface area contributed by atoms with E-state index in [1.54, 1.807) is 11.0 Å². The summed E-state index contributed by atoms with van der Waals surface area (Å²) in [6.07, 6.45) is 2.55. The van der Waals surface area contributed by atoms with Crippen LogP contribution < -0.4 is 5.32 Å². The Morgan fingerprint density at radius 1 is 1.39 bits per heavy atom. The van der Waals surface area contributed by atoms with Gasteiger partial charge >= 0.3 is 0 Å². The van der Waals surface area contributed by atoms with Gasteiger partial charge in [-0.3, -0.25) is 4.68 Å². The second kappa shape index (κ2) is 5.98. The molecule has 1 heterocycles. The first-order valence-electron chi connectivity index (χ1n) is 5.95. The van der Waals surface area contributed by atoms with Gasteiger partial charge in [0.1, 0.15) is 6.33 Å². The van der Waals surface area contributed by atoms with Crippen LogP contribution in [0.25, 0.3) is 0 Å². The summed E-state index contributed by atoms with van der Waals surface area (Å²) in [6, 6.07) is 6.13. The van der Waals surface area contributed by atoms with E-state index in [1.165, 1.54) is 5.56 Å². The van der Waals surface area contributed by atoms with Gasteiger partial charge in [-0.25, -0.2) is 4.98 Å². The Bertz CT molecular complexity index is 521. The van der Waals surface area contributed by atoms with E-state index in [2.05, 4.69) is 21.5 Å². The minimum absolute atomic E-state index is 0.812. The predicted octanol–water partition coefficient (Wildman–Crippen LogP) is 2.11. The normalized spacial score (nSPS) is 10.8. The lowest BCUT2D eigenvalue weighted by molar-refractivity contribution is 0.661. The standard InChI is InChI=1S/C13H17ClN4/c1-10-3-4-11(7-12(10)14)8-15-6-5-13-16-9-18(2)17-13/h3-4,7,9,15H,5-6,8H2,1-2H3. The van der Waals surface area contributed by atoms with Crippen LogP contribution in [0.4, 0.5) is 0 Å². The molecule has 0 spiro atoms. The SMILES string of the molecule is Cc1ccc(CNCCc2ncn(C)n2)cc1Cl. The molecule has 0 atom stereocenters. The van der Waals surface area contributed by atoms with Crippen molar-refractivity contribution in [3.8, 4) is 0 Å². The third kappa shape index (κ3) is 3.55. The summed E-state index contributed by atoms with van der Waals surface area (Å²) >= 11 is 6.07. The number of rotatable bonds is 5. The molecule has 0 unspecified atom stereocenters. The Balaban J connectivity index is 1.76. The number of nitrogens with zero attached hydrogens (tertiary/aromatic N) is 3. The first-order valence-corrected chi connectivity index (χ1v) is 6.33. The fraction of sp³-hybridized carbons (Fsp3) is 0.385. The first kappa shape index (κ1) is 13.1. The fourth-order valence-corrected chi connectivity index (χ4v) is 1.88. The van der Waals surface area contributed by atoms with Crippen molar-refractivity contribution in [2.45, 2.75) is 19.9 Å². The molecule has 2 aromatic rings. The highest BCUT2D eigenvalue weighted by molar-refractivity contribution is 6.31. The molecule has 4 nitrogen and oxygen atoms in total. The molecule has 2 rings (SSSR count). The molecule has 1 aromatic carbocycles. The molecule has 1 aromatic heterocycles. The summed E-state index contributed by atoms with van der Waals surface area (Å²) in [5.41, 5.74) is 2.30. The predicted molar refractivity (Wildman–Crippen MR) is 72.6 cm³/mol. The Morgan fingerprint density at radius 3 is 2.89 bits per heavy atom. The Morgan fingerprint density at radius 2 is 2.22 bits per heavy atom. The third-order valence-corrected chi connectivity index (χ3v) is 3.14. The van der Waals surface area contributed by atoms with E-state index >= 15 is 0 Å². The smallest absolute Gasteiger partial charge is 0.151 e. The van der Waals surface area contributed by atoms with Gasteiger partial charge in [0.25, 0.3) is 0 Å². The molecule has 0 saturated heterocycles. The van der Waals surface area contributed by atoms with Gasteiger partial charge < -0.3 is 5.32 Å². The molecule has 0 radical (unpaired) electrons. The molecule has 0 bridgehead atoms. The number of halogens is 1. The van der Waals surface area contributed by atoms with Crippen LogP contribution in [-0.4, -0.2) is 21.3 Å². The van der Waals surface area contributed by atoms with Crippen molar-refractivity contribution in [2.24, 2.45) is 7.05 Å². The number of hydrogen-bond acceptors (Lipinski definition) is 3. The van der Waals surface area contributed by atoms with E-state index in [0.29, 0.717) is 0 Å². The zero-order chi connectivity index (χ0) is 13.0. The van der Waals surface area contributed by atoms with Crippen molar-refractivity contribution in [3.63, 3.8) is 0 Å². The highest BCUT2D eigenvalue weighted by Gasteiger charge is 2.00. The van der Waals surface area contributed by atoms with Crippen LogP contribution in [0.1, 0.15) is 17.0 Å². The molecule has 0 aliphatic rings. The van der Waals surface area contributed by atoms with Crippen molar-refractivity contribution < 1.29 is 0 Å². The summed E-state index contributed by atoms with van der Waals surface area (Å²) in [7, 11) is 1.87. The van der Waals surface area contributed by atoms with Crippen LogP contribution >= 0.6 is 11.6 Å². The average Bonchev–Trinajstić information content (AvgIpc) is 2.75. The van der Waals surface area contributed by atoms with Crippen LogP contribution in [0.5, 0.6) is 0 Å². The first-order chi connectivity index (χ1) is 8.65. The van der Waals surface area contributed by atoms with E-state index in [-0.39, 0.29) is 0 Å². The number of benzene rings is 1. The highest BCUT2D eigenvalue weighted by Crippen LogP contribution is 2.16. The quantitative estimate of drug-likeness (QED) is 0.841. The highest BCUT2D eigenvalue weighted by atomic mass is 35.5. The van der Waals surface area contributed by atoms with Crippen LogP contribution in [0.2, 0.25) is 5.02 Å². The minimum Gasteiger partial charge on any atom is -0.312 e. The fourth-order valence-electron chi connectivity index (χ4n) is 1.68. The minimum atomic E-state index is 0.812. The van der Waals surface area contributed by atoms with Gasteiger partial charge in [0.2, 0.25) is 0 Å². The van der Waals surface area contributed by atoms with Gasteiger partial charge in [-0.05, 0) is 24.1 Å². The lowest BCUT2D eigenvalue weighted by Gasteiger charge is -2.05. The molecule has 0 amide bonds. The second-order valence-electron chi connectivity index (χ2n) is 4.34. The van der Waals surface area contributed by atoms with E-state index < -0.39 is 0 Å². The third-order valence-electron chi connectivity index (χ3n) is 2.74. The Labute approximate surface area is 112 Å². The molecule has 1 N–H and O–H groups in total. The summed E-state index contributed by atoms with van der Waals surface area (Å²) in [4.78, 5) is 4.18. The van der Waals surface area contributed by atoms with Gasteiger partial charge in [-0.1, -0.05) is 23.7 Å². The van der Waals surface area contributed by atoms with E-state index in [1.807, 2.05) is 26.1 Å². The largest absolute Gasteiger partial charge is 0.312 e. The monoisotopic (exact) mass is 264 g/mol. The van der Waals surface area contributed by atoms with Gasteiger partial charge in [-0.15, -0.1) is 0 Å². The summed E-state index contributed by atoms with van der Waals surface area (Å²) in [5, 5.41) is 8.40. The van der Waals surface area contributed by atoms with Gasteiger partial charge in [0.05, 0.1) is 0 Å². The van der Waals surface area contributed by atoms with Crippen molar-refractivity contribution in [3.05, 3.63) is 46.5 Å². The number of hydrogen-bond donors (Lipinski definition) is 1. The van der Waals surface area contributed by atoms with E-state index in [9.17, 15) is 0 Å². The maximum atomic E-state index is 6.07. The molecule has 0 saturated carbocycles. The lowest BCUT2D eigenvalue weighted by Crippen LogP contribution is -2.17. The molecule has 0 aliphatic carbocycles. The second-order valence-corrected chi connectivity index (χ2v) is 4.75. The Hall–Kier alpha value is -1.39. The molecular formula is C13H17ClN4. The lowest BCUT2D eigenvalue weighted by atomic mass is 10.1. The molecule has 96 valence electrons. The average molecular weight is 265 g/mol. The van der Waals surface area contributed by atoms with E-state index in [4.69, 9.17) is 11.6 Å². The van der Waals surface area contributed by atoms with Crippen molar-refractivity contribution >= 4 is 11.6 Å².